The van der Waals surface area contributed by atoms with Gasteiger partial charge in [-0.25, -0.2) is 9.67 Å². The first-order chi connectivity index (χ1) is 11.7. The molecule has 120 valence electrons. The van der Waals surface area contributed by atoms with Crippen LogP contribution in [-0.2, 0) is 6.54 Å². The lowest BCUT2D eigenvalue weighted by atomic mass is 9.86. The molecule has 1 aromatic heterocycles. The molecule has 2 unspecified atom stereocenters. The van der Waals surface area contributed by atoms with Crippen LogP contribution in [0.4, 0.5) is 0 Å². The van der Waals surface area contributed by atoms with Gasteiger partial charge in [0, 0.05) is 11.1 Å². The predicted molar refractivity (Wildman–Crippen MR) is 85.6 cm³/mol. The number of ether oxygens (including phenoxy) is 1. The summed E-state index contributed by atoms with van der Waals surface area (Å²) < 4.78 is 7.50. The predicted octanol–water partition coefficient (Wildman–Crippen LogP) is 2.03. The number of para-hydroxylation sites is 1. The van der Waals surface area contributed by atoms with Gasteiger partial charge in [-0.1, -0.05) is 48.5 Å². The highest BCUT2D eigenvalue weighted by molar-refractivity contribution is 6.03. The Bertz CT molecular complexity index is 860. The van der Waals surface area contributed by atoms with Gasteiger partial charge in [0.05, 0.1) is 6.54 Å². The first-order valence-electron chi connectivity index (χ1n) is 7.59. The normalized spacial score (nSPS) is 22.0. The molecule has 4 rings (SSSR count). The standard InChI is InChI=1S/C18H15N3O3/c22-16(13-6-2-1-3-7-13)18(10-21-12-19-11-20-21)17(23)14-8-4-5-9-15(14)24-18/h1-9,11-12,17,23H,10H2. The van der Waals surface area contributed by atoms with Gasteiger partial charge in [0.2, 0.25) is 11.4 Å². The minimum absolute atomic E-state index is 0.0660. The SMILES string of the molecule is O=C(c1ccccc1)C1(Cn2cncn2)Oc2ccccc2C1O. The molecule has 0 fully saturated rings. The van der Waals surface area contributed by atoms with Gasteiger partial charge in [-0.2, -0.15) is 5.10 Å². The lowest BCUT2D eigenvalue weighted by Crippen LogP contribution is -2.50. The minimum atomic E-state index is -1.47. The van der Waals surface area contributed by atoms with Crippen molar-refractivity contribution in [1.82, 2.24) is 14.8 Å². The van der Waals surface area contributed by atoms with Gasteiger partial charge in [0.25, 0.3) is 0 Å². The first-order valence-corrected chi connectivity index (χ1v) is 7.59. The number of hydrogen-bond acceptors (Lipinski definition) is 5. The molecule has 6 heteroatoms. The quantitative estimate of drug-likeness (QED) is 0.744. The van der Waals surface area contributed by atoms with Crippen molar-refractivity contribution in [3.8, 4) is 5.75 Å². The van der Waals surface area contributed by atoms with E-state index in [0.29, 0.717) is 16.9 Å². The van der Waals surface area contributed by atoms with Gasteiger partial charge in [0.1, 0.15) is 24.5 Å². The Kier molecular flexibility index (Phi) is 3.39. The number of ketones is 1. The monoisotopic (exact) mass is 321 g/mol. The van der Waals surface area contributed by atoms with E-state index in [-0.39, 0.29) is 12.3 Å². The Morgan fingerprint density at radius 3 is 2.62 bits per heavy atom. The van der Waals surface area contributed by atoms with E-state index in [0.717, 1.165) is 0 Å². The largest absolute Gasteiger partial charge is 0.474 e. The minimum Gasteiger partial charge on any atom is -0.474 e. The topological polar surface area (TPSA) is 77.2 Å². The molecule has 0 saturated carbocycles. The second kappa shape index (κ2) is 5.58. The van der Waals surface area contributed by atoms with Gasteiger partial charge in [-0.05, 0) is 6.07 Å². The van der Waals surface area contributed by atoms with Gasteiger partial charge < -0.3 is 9.84 Å². The average Bonchev–Trinajstić information content (AvgIpc) is 3.23. The van der Waals surface area contributed by atoms with E-state index in [1.54, 1.807) is 36.4 Å². The number of rotatable bonds is 4. The average molecular weight is 321 g/mol. The second-order valence-electron chi connectivity index (χ2n) is 5.72. The van der Waals surface area contributed by atoms with Crippen LogP contribution in [0.5, 0.6) is 5.75 Å². The molecule has 0 saturated heterocycles. The number of carbonyl (C=O) groups excluding carboxylic acids is 1. The molecular weight excluding hydrogens is 306 g/mol. The van der Waals surface area contributed by atoms with Crippen molar-refractivity contribution < 1.29 is 14.6 Å². The summed E-state index contributed by atoms with van der Waals surface area (Å²) in [6.45, 7) is 0.0660. The molecule has 0 radical (unpaired) electrons. The maximum Gasteiger partial charge on any atom is 0.220 e. The number of benzene rings is 2. The van der Waals surface area contributed by atoms with E-state index < -0.39 is 11.7 Å². The number of hydrogen-bond donors (Lipinski definition) is 1. The number of carbonyl (C=O) groups is 1. The van der Waals surface area contributed by atoms with Crippen molar-refractivity contribution in [1.29, 1.82) is 0 Å². The third-order valence-electron chi connectivity index (χ3n) is 4.23. The first kappa shape index (κ1) is 14.6. The summed E-state index contributed by atoms with van der Waals surface area (Å²) in [5, 5.41) is 15.0. The fourth-order valence-corrected chi connectivity index (χ4v) is 3.05. The second-order valence-corrected chi connectivity index (χ2v) is 5.72. The number of aromatic nitrogens is 3. The molecule has 0 spiro atoms. The summed E-state index contributed by atoms with van der Waals surface area (Å²) in [7, 11) is 0. The van der Waals surface area contributed by atoms with Crippen molar-refractivity contribution in [2.45, 2.75) is 18.2 Å². The van der Waals surface area contributed by atoms with Crippen molar-refractivity contribution in [3.63, 3.8) is 0 Å². The summed E-state index contributed by atoms with van der Waals surface area (Å²) in [4.78, 5) is 17.1. The summed E-state index contributed by atoms with van der Waals surface area (Å²) in [6, 6.07) is 16.0. The van der Waals surface area contributed by atoms with Crippen LogP contribution in [0.15, 0.2) is 67.3 Å². The van der Waals surface area contributed by atoms with Gasteiger partial charge in [0.15, 0.2) is 0 Å². The summed E-state index contributed by atoms with van der Waals surface area (Å²) in [5.41, 5.74) is -0.398. The molecule has 2 atom stereocenters. The van der Waals surface area contributed by atoms with E-state index in [2.05, 4.69) is 10.1 Å². The number of nitrogens with zero attached hydrogens (tertiary/aromatic N) is 3. The fourth-order valence-electron chi connectivity index (χ4n) is 3.05. The van der Waals surface area contributed by atoms with E-state index >= 15 is 0 Å². The Labute approximate surface area is 138 Å². The highest BCUT2D eigenvalue weighted by atomic mass is 16.5. The third kappa shape index (κ3) is 2.19. The third-order valence-corrected chi connectivity index (χ3v) is 4.23. The molecule has 1 N–H and O–H groups in total. The molecule has 3 aromatic rings. The van der Waals surface area contributed by atoms with Gasteiger partial charge >= 0.3 is 0 Å². The maximum absolute atomic E-state index is 13.2. The van der Waals surface area contributed by atoms with Crippen molar-refractivity contribution in [2.24, 2.45) is 0 Å². The Balaban J connectivity index is 1.81. The fraction of sp³-hybridized carbons (Fsp3) is 0.167. The Morgan fingerprint density at radius 2 is 1.92 bits per heavy atom. The molecule has 0 bridgehead atoms. The lowest BCUT2D eigenvalue weighted by Gasteiger charge is -2.30. The summed E-state index contributed by atoms with van der Waals surface area (Å²) in [6.07, 6.45) is 1.79. The van der Waals surface area contributed by atoms with Crippen LogP contribution < -0.4 is 4.74 Å². The van der Waals surface area contributed by atoms with E-state index in [9.17, 15) is 9.90 Å². The zero-order valence-electron chi connectivity index (χ0n) is 12.7. The van der Waals surface area contributed by atoms with Crippen molar-refractivity contribution >= 4 is 5.78 Å². The number of Topliss-reactive ketones (excluding diaryl/α,β-unsaturated/α-hetero) is 1. The summed E-state index contributed by atoms with van der Waals surface area (Å²) in [5.74, 6) is 0.219. The molecule has 2 heterocycles. The van der Waals surface area contributed by atoms with Crippen LogP contribution in [0.2, 0.25) is 0 Å². The zero-order chi connectivity index (χ0) is 16.6. The molecule has 2 aromatic carbocycles. The molecule has 24 heavy (non-hydrogen) atoms. The van der Waals surface area contributed by atoms with Crippen molar-refractivity contribution in [2.75, 3.05) is 0 Å². The van der Waals surface area contributed by atoms with Crippen LogP contribution >= 0.6 is 0 Å². The highest BCUT2D eigenvalue weighted by Gasteiger charge is 2.54. The van der Waals surface area contributed by atoms with Crippen molar-refractivity contribution in [3.05, 3.63) is 78.4 Å². The lowest BCUT2D eigenvalue weighted by molar-refractivity contribution is -0.0235. The molecule has 6 nitrogen and oxygen atoms in total. The maximum atomic E-state index is 13.2. The number of fused-ring (bicyclic) bond motifs is 1. The van der Waals surface area contributed by atoms with Crippen LogP contribution in [0.25, 0.3) is 0 Å². The van der Waals surface area contributed by atoms with Gasteiger partial charge in [-0.15, -0.1) is 0 Å². The van der Waals surface area contributed by atoms with Crippen LogP contribution in [0, 0.1) is 0 Å². The van der Waals surface area contributed by atoms with E-state index in [1.807, 2.05) is 18.2 Å². The molecule has 0 amide bonds. The smallest absolute Gasteiger partial charge is 0.220 e. The van der Waals surface area contributed by atoms with E-state index in [4.69, 9.17) is 4.74 Å². The summed E-state index contributed by atoms with van der Waals surface area (Å²) >= 11 is 0. The van der Waals surface area contributed by atoms with E-state index in [1.165, 1.54) is 17.3 Å². The zero-order valence-corrected chi connectivity index (χ0v) is 12.7. The molecule has 0 aliphatic carbocycles. The molecule has 1 aliphatic heterocycles. The van der Waals surface area contributed by atoms with Crippen LogP contribution in [0.1, 0.15) is 22.0 Å². The van der Waals surface area contributed by atoms with Crippen LogP contribution in [0.3, 0.4) is 0 Å². The Morgan fingerprint density at radius 1 is 1.17 bits per heavy atom. The van der Waals surface area contributed by atoms with Gasteiger partial charge in [-0.3, -0.25) is 4.79 Å². The Hall–Kier alpha value is -2.99. The number of aliphatic hydroxyl groups is 1. The molecule has 1 aliphatic rings. The number of aliphatic hydroxyl groups excluding tert-OH is 1. The van der Waals surface area contributed by atoms with Crippen LogP contribution in [-0.4, -0.2) is 31.3 Å². The highest BCUT2D eigenvalue weighted by Crippen LogP contribution is 2.45. The molecular formula is C18H15N3O3.